The number of rotatable bonds is 1. The van der Waals surface area contributed by atoms with E-state index in [0.717, 1.165) is 6.29 Å². The lowest BCUT2D eigenvalue weighted by Gasteiger charge is -1.89. The third-order valence-electron chi connectivity index (χ3n) is 0.348. The molecule has 0 saturated carbocycles. The van der Waals surface area contributed by atoms with E-state index in [-0.39, 0.29) is 5.97 Å². The number of hydrogen-bond donors (Lipinski definition) is 0. The molecule has 0 radical (unpaired) electrons. The second-order valence-corrected chi connectivity index (χ2v) is 1.16. The maximum Gasteiger partial charge on any atom is 0.302 e. The lowest BCUT2D eigenvalue weighted by molar-refractivity contribution is -0.140. The molecule has 0 aromatic rings. The fraction of sp³-hybridized carbons (Fsp3) is 0.667. The van der Waals surface area contributed by atoms with Crippen molar-refractivity contribution in [3.63, 3.8) is 0 Å². The third kappa shape index (κ3) is 41.2. The highest BCUT2D eigenvalue weighted by atomic mass is 16.5. The summed E-state index contributed by atoms with van der Waals surface area (Å²) >= 11 is 0. The Labute approximate surface area is 55.0 Å². The highest BCUT2D eigenvalue weighted by molar-refractivity contribution is 5.65. The van der Waals surface area contributed by atoms with Gasteiger partial charge >= 0.3 is 5.97 Å². The van der Waals surface area contributed by atoms with Gasteiger partial charge in [-0.15, -0.1) is 0 Å². The van der Waals surface area contributed by atoms with Gasteiger partial charge in [-0.2, -0.15) is 0 Å². The summed E-state index contributed by atoms with van der Waals surface area (Å²) in [6.45, 7) is 5.10. The Morgan fingerprint density at radius 2 is 2.00 bits per heavy atom. The van der Waals surface area contributed by atoms with Crippen LogP contribution in [0.25, 0.3) is 0 Å². The van der Waals surface area contributed by atoms with Gasteiger partial charge in [-0.1, -0.05) is 0 Å². The summed E-state index contributed by atoms with van der Waals surface area (Å²) in [6, 6.07) is 0. The minimum absolute atomic E-state index is 0.211. The van der Waals surface area contributed by atoms with Crippen molar-refractivity contribution in [1.82, 2.24) is 0 Å². The van der Waals surface area contributed by atoms with Crippen LogP contribution in [0.2, 0.25) is 0 Å². The van der Waals surface area contributed by atoms with E-state index in [1.165, 1.54) is 13.8 Å². The van der Waals surface area contributed by atoms with Crippen LogP contribution in [0.3, 0.4) is 0 Å². The van der Waals surface area contributed by atoms with Gasteiger partial charge in [0.1, 0.15) is 6.29 Å². The van der Waals surface area contributed by atoms with Crippen LogP contribution in [0.1, 0.15) is 20.8 Å². The van der Waals surface area contributed by atoms with Gasteiger partial charge < -0.3 is 9.53 Å². The summed E-state index contributed by atoms with van der Waals surface area (Å²) < 4.78 is 4.40. The molecule has 3 heteroatoms. The van der Waals surface area contributed by atoms with E-state index in [9.17, 15) is 4.79 Å². The van der Waals surface area contributed by atoms with Gasteiger partial charge in [0.2, 0.25) is 0 Å². The lowest BCUT2D eigenvalue weighted by Crippen LogP contribution is -1.95. The molecule has 0 spiro atoms. The number of aldehydes is 1. The number of carbonyl (C=O) groups excluding carboxylic acids is 2. The quantitative estimate of drug-likeness (QED) is 0.391. The molecule has 0 unspecified atom stereocenters. The lowest BCUT2D eigenvalue weighted by atomic mass is 10.8. The minimum Gasteiger partial charge on any atom is -0.466 e. The average molecular weight is 132 g/mol. The first-order valence-corrected chi connectivity index (χ1v) is 2.72. The van der Waals surface area contributed by atoms with Gasteiger partial charge in [-0.3, -0.25) is 4.79 Å². The van der Waals surface area contributed by atoms with Crippen molar-refractivity contribution in [1.29, 1.82) is 0 Å². The van der Waals surface area contributed by atoms with Crippen molar-refractivity contribution in [2.75, 3.05) is 6.61 Å². The van der Waals surface area contributed by atoms with Crippen LogP contribution < -0.4 is 0 Å². The SMILES string of the molecule is CC=O.CCOC(C)=O. The Kier molecular flexibility index (Phi) is 12.5. The minimum atomic E-state index is -0.211. The van der Waals surface area contributed by atoms with Crippen LogP contribution in [0.5, 0.6) is 0 Å². The number of esters is 1. The molecule has 0 fully saturated rings. The van der Waals surface area contributed by atoms with E-state index in [1.807, 2.05) is 0 Å². The molecular formula is C6H12O3. The molecule has 0 N–H and O–H groups in total. The van der Waals surface area contributed by atoms with E-state index in [1.54, 1.807) is 6.92 Å². The fourth-order valence-electron chi connectivity index (χ4n) is 0.203. The molecule has 54 valence electrons. The second-order valence-electron chi connectivity index (χ2n) is 1.16. The number of carbonyl (C=O) groups is 2. The fourth-order valence-corrected chi connectivity index (χ4v) is 0.203. The Morgan fingerprint density at radius 3 is 2.00 bits per heavy atom. The van der Waals surface area contributed by atoms with Crippen LogP contribution in [-0.4, -0.2) is 18.9 Å². The van der Waals surface area contributed by atoms with Gasteiger partial charge in [0.05, 0.1) is 6.61 Å². The molecule has 0 rings (SSSR count). The molecule has 0 saturated heterocycles. The first-order chi connectivity index (χ1) is 4.18. The Morgan fingerprint density at radius 1 is 1.67 bits per heavy atom. The zero-order chi connectivity index (χ0) is 7.70. The standard InChI is InChI=1S/C4H8O2.C2H4O/c1-3-6-4(2)5;1-2-3/h3H2,1-2H3;2H,1H3. The first kappa shape index (κ1) is 11.0. The molecule has 0 aliphatic heterocycles. The Bertz CT molecular complexity index is 78.4. The molecule has 0 aliphatic carbocycles. The summed E-state index contributed by atoms with van der Waals surface area (Å²) in [5.74, 6) is -0.211. The smallest absolute Gasteiger partial charge is 0.302 e. The van der Waals surface area contributed by atoms with Gasteiger partial charge in [0, 0.05) is 6.92 Å². The Hall–Kier alpha value is -0.860. The zero-order valence-corrected chi connectivity index (χ0v) is 6.01. The predicted octanol–water partition coefficient (Wildman–Crippen LogP) is 0.775. The van der Waals surface area contributed by atoms with E-state index >= 15 is 0 Å². The molecule has 0 atom stereocenters. The van der Waals surface area contributed by atoms with Crippen molar-refractivity contribution < 1.29 is 14.3 Å². The Balaban J connectivity index is 0. The van der Waals surface area contributed by atoms with Crippen LogP contribution in [0, 0.1) is 0 Å². The molecule has 0 bridgehead atoms. The van der Waals surface area contributed by atoms with Crippen molar-refractivity contribution in [2.45, 2.75) is 20.8 Å². The topological polar surface area (TPSA) is 43.4 Å². The van der Waals surface area contributed by atoms with Crippen LogP contribution in [0.4, 0.5) is 0 Å². The van der Waals surface area contributed by atoms with Gasteiger partial charge in [-0.05, 0) is 13.8 Å². The van der Waals surface area contributed by atoms with Crippen molar-refractivity contribution in [3.8, 4) is 0 Å². The van der Waals surface area contributed by atoms with Crippen LogP contribution in [-0.2, 0) is 14.3 Å². The molecule has 0 aromatic carbocycles. The number of ether oxygens (including phenoxy) is 1. The third-order valence-corrected chi connectivity index (χ3v) is 0.348. The first-order valence-electron chi connectivity index (χ1n) is 2.72. The van der Waals surface area contributed by atoms with Crippen molar-refractivity contribution >= 4 is 12.3 Å². The highest BCUT2D eigenvalue weighted by Crippen LogP contribution is 1.69. The van der Waals surface area contributed by atoms with E-state index in [0.29, 0.717) is 6.61 Å². The molecule has 3 nitrogen and oxygen atoms in total. The molecule has 0 aromatic heterocycles. The van der Waals surface area contributed by atoms with E-state index in [4.69, 9.17) is 4.79 Å². The molecule has 0 amide bonds. The second kappa shape index (κ2) is 10.2. The maximum atomic E-state index is 9.82. The molecular weight excluding hydrogens is 120 g/mol. The van der Waals surface area contributed by atoms with Gasteiger partial charge in [0.25, 0.3) is 0 Å². The van der Waals surface area contributed by atoms with Crippen molar-refractivity contribution in [3.05, 3.63) is 0 Å². The summed E-state index contributed by atoms with van der Waals surface area (Å²) in [4.78, 5) is 18.6. The zero-order valence-electron chi connectivity index (χ0n) is 6.01. The van der Waals surface area contributed by atoms with Crippen molar-refractivity contribution in [2.24, 2.45) is 0 Å². The van der Waals surface area contributed by atoms with Crippen LogP contribution in [0.15, 0.2) is 0 Å². The van der Waals surface area contributed by atoms with Gasteiger partial charge in [0.15, 0.2) is 0 Å². The molecule has 0 heterocycles. The predicted molar refractivity (Wildman–Crippen MR) is 34.0 cm³/mol. The monoisotopic (exact) mass is 132 g/mol. The average Bonchev–Trinajstić information content (AvgIpc) is 1.67. The van der Waals surface area contributed by atoms with Gasteiger partial charge in [-0.25, -0.2) is 0 Å². The summed E-state index contributed by atoms with van der Waals surface area (Å²) in [7, 11) is 0. The molecule has 9 heavy (non-hydrogen) atoms. The van der Waals surface area contributed by atoms with Crippen LogP contribution >= 0.6 is 0 Å². The normalized spacial score (nSPS) is 6.56. The van der Waals surface area contributed by atoms with E-state index < -0.39 is 0 Å². The summed E-state index contributed by atoms with van der Waals surface area (Å²) in [5, 5.41) is 0. The van der Waals surface area contributed by atoms with E-state index in [2.05, 4.69) is 4.74 Å². The number of hydrogen-bond acceptors (Lipinski definition) is 3. The highest BCUT2D eigenvalue weighted by Gasteiger charge is 1.81. The summed E-state index contributed by atoms with van der Waals surface area (Å²) in [5.41, 5.74) is 0. The molecule has 0 aliphatic rings. The maximum absolute atomic E-state index is 9.82. The summed E-state index contributed by atoms with van der Waals surface area (Å²) in [6.07, 6.45) is 0.750. The largest absolute Gasteiger partial charge is 0.466 e.